The maximum Gasteiger partial charge on any atom is 0.333 e. The van der Waals surface area contributed by atoms with E-state index in [4.69, 9.17) is 18.5 Å². The van der Waals surface area contributed by atoms with Crippen LogP contribution in [0.1, 0.15) is 92.4 Å². The van der Waals surface area contributed by atoms with Crippen LogP contribution in [0.3, 0.4) is 0 Å². The van der Waals surface area contributed by atoms with Gasteiger partial charge in [-0.2, -0.15) is 0 Å². The number of rotatable bonds is 19. The van der Waals surface area contributed by atoms with Crippen LogP contribution < -0.4 is 0 Å². The molecule has 0 aliphatic carbocycles. The SMILES string of the molecule is CCCCOC(=O)C(CC(C)P(=O)(OCCCC)OCCCC)C(=O)OCCCC. The van der Waals surface area contributed by atoms with Crippen LogP contribution in [-0.4, -0.2) is 44.0 Å². The molecule has 0 saturated carbocycles. The Morgan fingerprint density at radius 2 is 1.07 bits per heavy atom. The highest BCUT2D eigenvalue weighted by Gasteiger charge is 2.40. The topological polar surface area (TPSA) is 88.1 Å². The lowest BCUT2D eigenvalue weighted by Gasteiger charge is -2.26. The molecule has 0 saturated heterocycles. The van der Waals surface area contributed by atoms with Crippen LogP contribution in [0.25, 0.3) is 0 Å². The maximum atomic E-state index is 13.4. The van der Waals surface area contributed by atoms with Crippen molar-refractivity contribution in [3.63, 3.8) is 0 Å². The number of esters is 2. The zero-order valence-electron chi connectivity index (χ0n) is 19.7. The van der Waals surface area contributed by atoms with Crippen LogP contribution in [0.5, 0.6) is 0 Å². The van der Waals surface area contributed by atoms with Gasteiger partial charge in [-0.15, -0.1) is 0 Å². The van der Waals surface area contributed by atoms with Crippen molar-refractivity contribution in [2.75, 3.05) is 26.4 Å². The summed E-state index contributed by atoms with van der Waals surface area (Å²) in [5, 5.41) is 0. The van der Waals surface area contributed by atoms with Gasteiger partial charge in [0.25, 0.3) is 0 Å². The minimum absolute atomic E-state index is 0.00540. The summed E-state index contributed by atoms with van der Waals surface area (Å²) < 4.78 is 35.3. The Morgan fingerprint density at radius 3 is 1.43 bits per heavy atom. The quantitative estimate of drug-likeness (QED) is 0.105. The summed E-state index contributed by atoms with van der Waals surface area (Å²) >= 11 is 0. The van der Waals surface area contributed by atoms with Crippen molar-refractivity contribution in [2.24, 2.45) is 5.92 Å². The molecule has 0 aromatic rings. The molecule has 0 radical (unpaired) electrons. The first-order chi connectivity index (χ1) is 14.4. The summed E-state index contributed by atoms with van der Waals surface area (Å²) in [6.07, 6.45) is 6.52. The Labute approximate surface area is 183 Å². The van der Waals surface area contributed by atoms with Crippen LogP contribution >= 0.6 is 7.60 Å². The van der Waals surface area contributed by atoms with Gasteiger partial charge >= 0.3 is 19.5 Å². The average Bonchev–Trinajstić information content (AvgIpc) is 2.72. The van der Waals surface area contributed by atoms with Crippen LogP contribution in [0.4, 0.5) is 0 Å². The van der Waals surface area contributed by atoms with E-state index < -0.39 is 31.1 Å². The zero-order valence-corrected chi connectivity index (χ0v) is 20.5. The van der Waals surface area contributed by atoms with Gasteiger partial charge in [-0.1, -0.05) is 60.3 Å². The second-order valence-corrected chi connectivity index (χ2v) is 10.1. The van der Waals surface area contributed by atoms with Crippen molar-refractivity contribution < 1.29 is 32.7 Å². The summed E-state index contributed by atoms with van der Waals surface area (Å²) in [6.45, 7) is 10.8. The van der Waals surface area contributed by atoms with E-state index in [9.17, 15) is 14.2 Å². The van der Waals surface area contributed by atoms with Gasteiger partial charge in [-0.25, -0.2) is 0 Å². The fourth-order valence-electron chi connectivity index (χ4n) is 2.56. The Kier molecular flexibility index (Phi) is 17.2. The molecule has 30 heavy (non-hydrogen) atoms. The molecule has 0 N–H and O–H groups in total. The van der Waals surface area contributed by atoms with Crippen LogP contribution in [0, 0.1) is 5.92 Å². The van der Waals surface area contributed by atoms with Crippen molar-refractivity contribution in [3.8, 4) is 0 Å². The molecule has 1 atom stereocenters. The molecule has 0 spiro atoms. The predicted molar refractivity (Wildman–Crippen MR) is 119 cm³/mol. The van der Waals surface area contributed by atoms with E-state index in [0.717, 1.165) is 51.4 Å². The Morgan fingerprint density at radius 1 is 0.700 bits per heavy atom. The van der Waals surface area contributed by atoms with Crippen molar-refractivity contribution in [1.82, 2.24) is 0 Å². The summed E-state index contributed by atoms with van der Waals surface area (Å²) in [5.74, 6) is -2.40. The number of hydrogen-bond donors (Lipinski definition) is 0. The fraction of sp³-hybridized carbons (Fsp3) is 0.909. The van der Waals surface area contributed by atoms with Gasteiger partial charge in [0, 0.05) is 0 Å². The van der Waals surface area contributed by atoms with Gasteiger partial charge in [0.2, 0.25) is 0 Å². The lowest BCUT2D eigenvalue weighted by molar-refractivity contribution is -0.162. The van der Waals surface area contributed by atoms with E-state index in [1.165, 1.54) is 0 Å². The third-order valence-corrected chi connectivity index (χ3v) is 7.08. The largest absolute Gasteiger partial charge is 0.465 e. The van der Waals surface area contributed by atoms with E-state index >= 15 is 0 Å². The third kappa shape index (κ3) is 12.1. The molecule has 0 aromatic heterocycles. The van der Waals surface area contributed by atoms with Crippen LogP contribution in [-0.2, 0) is 32.7 Å². The van der Waals surface area contributed by atoms with E-state index in [1.807, 2.05) is 27.7 Å². The highest BCUT2D eigenvalue weighted by Crippen LogP contribution is 2.55. The summed E-state index contributed by atoms with van der Waals surface area (Å²) in [6, 6.07) is 0. The molecule has 0 aromatic carbocycles. The van der Waals surface area contributed by atoms with Gasteiger partial charge < -0.3 is 18.5 Å². The van der Waals surface area contributed by atoms with E-state index in [0.29, 0.717) is 13.2 Å². The first-order valence-corrected chi connectivity index (χ1v) is 13.2. The van der Waals surface area contributed by atoms with Crippen molar-refractivity contribution >= 4 is 19.5 Å². The number of carbonyl (C=O) groups excluding carboxylic acids is 2. The lowest BCUT2D eigenvalue weighted by atomic mass is 10.0. The lowest BCUT2D eigenvalue weighted by Crippen LogP contribution is -2.31. The van der Waals surface area contributed by atoms with E-state index in [-0.39, 0.29) is 19.6 Å². The molecule has 0 bridgehead atoms. The standard InChI is InChI=1S/C22H43O7P/c1-6-10-14-26-21(23)20(22(24)27-15-11-7-2)18-19(5)30(25,28-16-12-8-3)29-17-13-9-4/h19-20H,6-18H2,1-5H3. The summed E-state index contributed by atoms with van der Waals surface area (Å²) in [7, 11) is -3.48. The van der Waals surface area contributed by atoms with Crippen LogP contribution in [0.15, 0.2) is 0 Å². The molecule has 1 unspecified atom stereocenters. The van der Waals surface area contributed by atoms with Crippen molar-refractivity contribution in [1.29, 1.82) is 0 Å². The fourth-order valence-corrected chi connectivity index (χ4v) is 4.38. The molecule has 0 aliphatic heterocycles. The zero-order chi connectivity index (χ0) is 22.8. The molecule has 0 rings (SSSR count). The van der Waals surface area contributed by atoms with E-state index in [2.05, 4.69) is 0 Å². The highest BCUT2D eigenvalue weighted by atomic mass is 31.2. The molecule has 178 valence electrons. The van der Waals surface area contributed by atoms with Crippen molar-refractivity contribution in [2.45, 2.75) is 98.1 Å². The van der Waals surface area contributed by atoms with Gasteiger partial charge in [-0.3, -0.25) is 14.2 Å². The summed E-state index contributed by atoms with van der Waals surface area (Å²) in [4.78, 5) is 25.2. The van der Waals surface area contributed by atoms with Crippen LogP contribution in [0.2, 0.25) is 0 Å². The highest BCUT2D eigenvalue weighted by molar-refractivity contribution is 7.54. The molecule has 0 amide bonds. The molecular weight excluding hydrogens is 407 g/mol. The minimum atomic E-state index is -3.48. The number of ether oxygens (including phenoxy) is 2. The Bertz CT molecular complexity index is 474. The van der Waals surface area contributed by atoms with Gasteiger partial charge in [0.15, 0.2) is 5.92 Å². The molecule has 0 heterocycles. The van der Waals surface area contributed by atoms with Gasteiger partial charge in [0.1, 0.15) is 0 Å². The van der Waals surface area contributed by atoms with Gasteiger partial charge in [-0.05, 0) is 32.1 Å². The first kappa shape index (κ1) is 29.1. The Balaban J connectivity index is 5.29. The monoisotopic (exact) mass is 450 g/mol. The number of unbranched alkanes of at least 4 members (excludes halogenated alkanes) is 4. The second kappa shape index (κ2) is 17.7. The average molecular weight is 451 g/mol. The second-order valence-electron chi connectivity index (χ2n) is 7.59. The predicted octanol–water partition coefficient (Wildman–Crippen LogP) is 5.89. The van der Waals surface area contributed by atoms with E-state index in [1.54, 1.807) is 6.92 Å². The maximum absolute atomic E-state index is 13.4. The molecule has 8 heteroatoms. The Hall–Kier alpha value is -0.910. The smallest absolute Gasteiger partial charge is 0.333 e. The molecule has 0 aliphatic rings. The minimum Gasteiger partial charge on any atom is -0.465 e. The normalized spacial score (nSPS) is 12.7. The number of carbonyl (C=O) groups is 2. The first-order valence-electron chi connectivity index (χ1n) is 11.6. The summed E-state index contributed by atoms with van der Waals surface area (Å²) in [5.41, 5.74) is -0.631. The molecule has 7 nitrogen and oxygen atoms in total. The third-order valence-electron chi connectivity index (χ3n) is 4.71. The molecular formula is C22H43O7P. The number of hydrogen-bond acceptors (Lipinski definition) is 7. The molecule has 0 fully saturated rings. The van der Waals surface area contributed by atoms with Gasteiger partial charge in [0.05, 0.1) is 32.1 Å². The van der Waals surface area contributed by atoms with Crippen molar-refractivity contribution in [3.05, 3.63) is 0 Å².